The minimum absolute atomic E-state index is 0.0211. The lowest BCUT2D eigenvalue weighted by Gasteiger charge is -2.13. The van der Waals surface area contributed by atoms with Gasteiger partial charge in [-0.2, -0.15) is 0 Å². The number of para-hydroxylation sites is 1. The van der Waals surface area contributed by atoms with Crippen molar-refractivity contribution in [2.24, 2.45) is 0 Å². The Kier molecular flexibility index (Phi) is 5.69. The fourth-order valence-corrected chi connectivity index (χ4v) is 4.09. The molecule has 0 unspecified atom stereocenters. The summed E-state index contributed by atoms with van der Waals surface area (Å²) in [5.74, 6) is -0.435. The number of anilines is 1. The number of carbonyl (C=O) groups is 1. The highest BCUT2D eigenvalue weighted by Gasteiger charge is 2.21. The van der Waals surface area contributed by atoms with E-state index in [2.05, 4.69) is 10.0 Å². The number of carbonyl (C=O) groups excluding carboxylic acids is 1. The number of amides is 1. The van der Waals surface area contributed by atoms with Crippen LogP contribution in [0.2, 0.25) is 0 Å². The summed E-state index contributed by atoms with van der Waals surface area (Å²) in [7, 11) is -3.44. The van der Waals surface area contributed by atoms with E-state index in [0.717, 1.165) is 4.31 Å². The first kappa shape index (κ1) is 19.9. The molecule has 0 fully saturated rings. The minimum Gasteiger partial charge on any atom is -0.355 e. The molecule has 10 heteroatoms. The lowest BCUT2D eigenvalue weighted by atomic mass is 10.2. The molecule has 0 saturated heterocycles. The molecule has 0 radical (unpaired) electrons. The zero-order valence-electron chi connectivity index (χ0n) is 14.4. The van der Waals surface area contributed by atoms with Crippen molar-refractivity contribution in [2.45, 2.75) is 9.79 Å². The van der Waals surface area contributed by atoms with Gasteiger partial charge in [0.25, 0.3) is 15.9 Å². The van der Waals surface area contributed by atoms with Gasteiger partial charge in [0.2, 0.25) is 10.0 Å². The van der Waals surface area contributed by atoms with Crippen LogP contribution in [0.25, 0.3) is 0 Å². The maximum Gasteiger partial charge on any atom is 0.261 e. The van der Waals surface area contributed by atoms with E-state index in [1.54, 1.807) is 12.1 Å². The van der Waals surface area contributed by atoms with Gasteiger partial charge in [-0.15, -0.1) is 0 Å². The monoisotopic (exact) mass is 397 g/mol. The average molecular weight is 397 g/mol. The summed E-state index contributed by atoms with van der Waals surface area (Å²) in [6, 6.07) is 11.0. The Morgan fingerprint density at radius 3 is 1.96 bits per heavy atom. The van der Waals surface area contributed by atoms with Crippen molar-refractivity contribution in [3.63, 3.8) is 0 Å². The molecule has 0 aliphatic heterocycles. The largest absolute Gasteiger partial charge is 0.355 e. The summed E-state index contributed by atoms with van der Waals surface area (Å²) >= 11 is 0. The van der Waals surface area contributed by atoms with E-state index >= 15 is 0 Å². The van der Waals surface area contributed by atoms with Crippen LogP contribution in [0.3, 0.4) is 0 Å². The molecule has 2 N–H and O–H groups in total. The first-order valence-corrected chi connectivity index (χ1v) is 10.4. The molecule has 2 rings (SSSR count). The molecular formula is C16H19N3O5S2. The van der Waals surface area contributed by atoms with Crippen LogP contribution in [0.15, 0.2) is 58.3 Å². The summed E-state index contributed by atoms with van der Waals surface area (Å²) in [5, 5.41) is 2.44. The van der Waals surface area contributed by atoms with Crippen molar-refractivity contribution in [1.29, 1.82) is 0 Å². The second-order valence-electron chi connectivity index (χ2n) is 5.49. The van der Waals surface area contributed by atoms with E-state index in [4.69, 9.17) is 0 Å². The molecule has 0 aromatic heterocycles. The molecule has 0 atom stereocenters. The van der Waals surface area contributed by atoms with E-state index in [1.165, 1.54) is 57.5 Å². The summed E-state index contributed by atoms with van der Waals surface area (Å²) in [6.07, 6.45) is 0. The normalized spacial score (nSPS) is 12.0. The molecule has 0 saturated carbocycles. The number of sulfonamides is 2. The van der Waals surface area contributed by atoms with Crippen LogP contribution >= 0.6 is 0 Å². The van der Waals surface area contributed by atoms with Gasteiger partial charge in [-0.3, -0.25) is 9.52 Å². The third-order valence-electron chi connectivity index (χ3n) is 3.56. The first-order chi connectivity index (χ1) is 12.1. The highest BCUT2D eigenvalue weighted by molar-refractivity contribution is 7.92. The fourth-order valence-electron chi connectivity index (χ4n) is 2.11. The molecule has 8 nitrogen and oxygen atoms in total. The lowest BCUT2D eigenvalue weighted by molar-refractivity contribution is 0.0964. The van der Waals surface area contributed by atoms with Gasteiger partial charge in [0.15, 0.2) is 0 Å². The molecule has 26 heavy (non-hydrogen) atoms. The Hall–Kier alpha value is -2.43. The minimum atomic E-state index is -4.00. The number of nitrogens with one attached hydrogen (secondary N) is 2. The lowest BCUT2D eigenvalue weighted by Crippen LogP contribution is -2.23. The molecular weight excluding hydrogens is 378 g/mol. The standard InChI is InChI=1S/C16H19N3O5S2/c1-17-16(20)14-6-4-5-7-15(14)18-25(21,22)12-8-10-13(11-9-12)26(23,24)19(2)3/h4-11,18H,1-3H3,(H,17,20). The molecule has 140 valence electrons. The predicted molar refractivity (Wildman–Crippen MR) is 98.0 cm³/mol. The third-order valence-corrected chi connectivity index (χ3v) is 6.77. The van der Waals surface area contributed by atoms with Crippen molar-refractivity contribution < 1.29 is 21.6 Å². The number of hydrogen-bond acceptors (Lipinski definition) is 5. The van der Waals surface area contributed by atoms with Gasteiger partial charge in [-0.05, 0) is 36.4 Å². The quantitative estimate of drug-likeness (QED) is 0.758. The van der Waals surface area contributed by atoms with E-state index in [0.29, 0.717) is 0 Å². The maximum atomic E-state index is 12.6. The van der Waals surface area contributed by atoms with Gasteiger partial charge in [0, 0.05) is 21.1 Å². The van der Waals surface area contributed by atoms with Crippen molar-refractivity contribution >= 4 is 31.6 Å². The zero-order valence-corrected chi connectivity index (χ0v) is 16.1. The molecule has 2 aromatic carbocycles. The van der Waals surface area contributed by atoms with Gasteiger partial charge < -0.3 is 5.32 Å². The Bertz CT molecular complexity index is 1010. The Morgan fingerprint density at radius 2 is 1.42 bits per heavy atom. The summed E-state index contributed by atoms with van der Waals surface area (Å²) in [6.45, 7) is 0. The SMILES string of the molecule is CNC(=O)c1ccccc1NS(=O)(=O)c1ccc(S(=O)(=O)N(C)C)cc1. The predicted octanol–water partition coefficient (Wildman–Crippen LogP) is 1.10. The number of benzene rings is 2. The Labute approximate surface area is 152 Å². The van der Waals surface area contributed by atoms with Crippen LogP contribution in [-0.2, 0) is 20.0 Å². The van der Waals surface area contributed by atoms with Crippen molar-refractivity contribution in [2.75, 3.05) is 25.9 Å². The van der Waals surface area contributed by atoms with Crippen LogP contribution in [0.5, 0.6) is 0 Å². The van der Waals surface area contributed by atoms with E-state index < -0.39 is 26.0 Å². The Balaban J connectivity index is 2.37. The van der Waals surface area contributed by atoms with Crippen LogP contribution in [0.1, 0.15) is 10.4 Å². The fraction of sp³-hybridized carbons (Fsp3) is 0.188. The first-order valence-electron chi connectivity index (χ1n) is 7.46. The van der Waals surface area contributed by atoms with Gasteiger partial charge in [0.1, 0.15) is 0 Å². The second-order valence-corrected chi connectivity index (χ2v) is 9.32. The van der Waals surface area contributed by atoms with Crippen LogP contribution < -0.4 is 10.0 Å². The number of rotatable bonds is 6. The van der Waals surface area contributed by atoms with E-state index in [1.807, 2.05) is 0 Å². The molecule has 0 heterocycles. The summed E-state index contributed by atoms with van der Waals surface area (Å²) in [4.78, 5) is 11.7. The van der Waals surface area contributed by atoms with E-state index in [-0.39, 0.29) is 21.0 Å². The molecule has 0 aliphatic carbocycles. The topological polar surface area (TPSA) is 113 Å². The van der Waals surface area contributed by atoms with Crippen LogP contribution in [-0.4, -0.2) is 48.2 Å². The zero-order chi connectivity index (χ0) is 19.5. The van der Waals surface area contributed by atoms with Gasteiger partial charge in [-0.1, -0.05) is 12.1 Å². The second kappa shape index (κ2) is 7.44. The number of hydrogen-bond donors (Lipinski definition) is 2. The Morgan fingerprint density at radius 1 is 0.885 bits per heavy atom. The maximum absolute atomic E-state index is 12.6. The number of nitrogens with zero attached hydrogens (tertiary/aromatic N) is 1. The van der Waals surface area contributed by atoms with Crippen LogP contribution in [0, 0.1) is 0 Å². The third kappa shape index (κ3) is 4.03. The highest BCUT2D eigenvalue weighted by atomic mass is 32.2. The van der Waals surface area contributed by atoms with E-state index in [9.17, 15) is 21.6 Å². The molecule has 0 aliphatic rings. The van der Waals surface area contributed by atoms with Crippen molar-refractivity contribution in [3.8, 4) is 0 Å². The average Bonchev–Trinajstić information content (AvgIpc) is 2.61. The van der Waals surface area contributed by atoms with Crippen molar-refractivity contribution in [3.05, 3.63) is 54.1 Å². The highest BCUT2D eigenvalue weighted by Crippen LogP contribution is 2.22. The summed E-state index contributed by atoms with van der Waals surface area (Å²) in [5.41, 5.74) is 0.294. The molecule has 0 spiro atoms. The molecule has 0 bridgehead atoms. The van der Waals surface area contributed by atoms with Gasteiger partial charge >= 0.3 is 0 Å². The van der Waals surface area contributed by atoms with Gasteiger partial charge in [0.05, 0.1) is 21.0 Å². The van der Waals surface area contributed by atoms with Crippen molar-refractivity contribution in [1.82, 2.24) is 9.62 Å². The molecule has 2 aromatic rings. The van der Waals surface area contributed by atoms with Gasteiger partial charge in [-0.25, -0.2) is 21.1 Å². The van der Waals surface area contributed by atoms with Crippen LogP contribution in [0.4, 0.5) is 5.69 Å². The smallest absolute Gasteiger partial charge is 0.261 e. The summed E-state index contributed by atoms with van der Waals surface area (Å²) < 4.78 is 52.6. The molecule has 1 amide bonds.